The molecule has 0 spiro atoms. The van der Waals surface area contributed by atoms with E-state index in [2.05, 4.69) is 69.4 Å². The van der Waals surface area contributed by atoms with Crippen molar-refractivity contribution in [2.45, 2.75) is 52.5 Å². The second-order valence-corrected chi connectivity index (χ2v) is 8.42. The average Bonchev–Trinajstić information content (AvgIpc) is 2.99. The van der Waals surface area contributed by atoms with Crippen LogP contribution in [0, 0.1) is 5.41 Å². The van der Waals surface area contributed by atoms with Crippen molar-refractivity contribution in [1.82, 2.24) is 5.32 Å². The molecule has 1 atom stereocenters. The van der Waals surface area contributed by atoms with Crippen LogP contribution in [0.2, 0.25) is 0 Å². The summed E-state index contributed by atoms with van der Waals surface area (Å²) in [4.78, 5) is 28.6. The number of hydrogen-bond acceptors (Lipinski definition) is 4. The van der Waals surface area contributed by atoms with E-state index in [4.69, 9.17) is 14.3 Å². The number of hydrogen-bond donors (Lipinski definition) is 1. The molecule has 2 aromatic rings. The number of fused-ring (bicyclic) bond motifs is 3. The maximum atomic E-state index is 12.3. The Labute approximate surface area is 172 Å². The van der Waals surface area contributed by atoms with E-state index in [0.29, 0.717) is 6.61 Å². The van der Waals surface area contributed by atoms with Crippen LogP contribution in [0.3, 0.4) is 0 Å². The number of nitrogens with one attached hydrogen (secondary N) is 1. The van der Waals surface area contributed by atoms with Crippen LogP contribution in [0.25, 0.3) is 11.1 Å². The Morgan fingerprint density at radius 1 is 1.03 bits per heavy atom. The standard InChI is InChI=1S/C23H29NO2.CO2/c1-5-16(14-23(2,3)4)24-22(25)26-15-21-19-12-8-6-10-17(19)18-11-7-9-13-20(18)21;2-1-3/h6-13,16,21H,5,14-15H2,1-4H3,(H,24,25);/t16-;/m0./s1. The molecule has 3 rings (SSSR count). The molecule has 0 saturated heterocycles. The lowest BCUT2D eigenvalue weighted by Crippen LogP contribution is -2.37. The molecule has 0 saturated carbocycles. The van der Waals surface area contributed by atoms with Crippen molar-refractivity contribution in [3.63, 3.8) is 0 Å². The fraction of sp³-hybridized carbons (Fsp3) is 0.417. The first kappa shape index (κ1) is 22.4. The van der Waals surface area contributed by atoms with Gasteiger partial charge < -0.3 is 10.1 Å². The molecule has 0 aromatic heterocycles. The van der Waals surface area contributed by atoms with Gasteiger partial charge in [-0.25, -0.2) is 4.79 Å². The van der Waals surface area contributed by atoms with Gasteiger partial charge in [-0.3, -0.25) is 0 Å². The fourth-order valence-corrected chi connectivity index (χ4v) is 3.84. The first-order valence-electron chi connectivity index (χ1n) is 9.91. The molecule has 1 aliphatic rings. The zero-order valence-corrected chi connectivity index (χ0v) is 17.5. The van der Waals surface area contributed by atoms with E-state index in [1.54, 1.807) is 0 Å². The van der Waals surface area contributed by atoms with Gasteiger partial charge in [0.2, 0.25) is 0 Å². The molecule has 0 heterocycles. The molecule has 0 fully saturated rings. The molecular formula is C24H29NO4. The van der Waals surface area contributed by atoms with Gasteiger partial charge in [-0.1, -0.05) is 76.2 Å². The Hall–Kier alpha value is -2.91. The number of alkyl carbamates (subject to hydrolysis) is 1. The van der Waals surface area contributed by atoms with Crippen LogP contribution in [0.1, 0.15) is 57.6 Å². The molecule has 2 aromatic carbocycles. The van der Waals surface area contributed by atoms with E-state index >= 15 is 0 Å². The summed E-state index contributed by atoms with van der Waals surface area (Å²) in [6.45, 7) is 9.03. The largest absolute Gasteiger partial charge is 0.449 e. The average molecular weight is 395 g/mol. The zero-order valence-electron chi connectivity index (χ0n) is 17.5. The zero-order chi connectivity index (χ0) is 21.4. The lowest BCUT2D eigenvalue weighted by atomic mass is 9.87. The van der Waals surface area contributed by atoms with E-state index in [1.807, 2.05) is 12.1 Å². The molecule has 29 heavy (non-hydrogen) atoms. The van der Waals surface area contributed by atoms with E-state index < -0.39 is 0 Å². The van der Waals surface area contributed by atoms with E-state index in [-0.39, 0.29) is 29.6 Å². The SMILES string of the molecule is CC[C@@H](CC(C)(C)C)NC(=O)OCC1c2ccccc2-c2ccccc21.O=C=O. The van der Waals surface area contributed by atoms with Crippen molar-refractivity contribution in [3.05, 3.63) is 59.7 Å². The Morgan fingerprint density at radius 2 is 1.52 bits per heavy atom. The Bertz CT molecular complexity index is 818. The summed E-state index contributed by atoms with van der Waals surface area (Å²) in [7, 11) is 0. The van der Waals surface area contributed by atoms with Gasteiger partial charge in [-0.15, -0.1) is 0 Å². The maximum absolute atomic E-state index is 12.3. The van der Waals surface area contributed by atoms with Crippen LogP contribution in [-0.4, -0.2) is 24.9 Å². The topological polar surface area (TPSA) is 72.5 Å². The Balaban J connectivity index is 0.000000941. The highest BCUT2D eigenvalue weighted by Crippen LogP contribution is 2.44. The second-order valence-electron chi connectivity index (χ2n) is 8.42. The van der Waals surface area contributed by atoms with Gasteiger partial charge in [0.1, 0.15) is 6.61 Å². The van der Waals surface area contributed by atoms with Crippen molar-refractivity contribution in [2.24, 2.45) is 5.41 Å². The number of ether oxygens (including phenoxy) is 1. The number of benzene rings is 2. The van der Waals surface area contributed by atoms with Gasteiger partial charge in [0.05, 0.1) is 0 Å². The highest BCUT2D eigenvalue weighted by atomic mass is 16.5. The highest BCUT2D eigenvalue weighted by molar-refractivity contribution is 5.79. The monoisotopic (exact) mass is 395 g/mol. The van der Waals surface area contributed by atoms with Crippen LogP contribution in [0.4, 0.5) is 4.79 Å². The first-order chi connectivity index (χ1) is 13.8. The summed E-state index contributed by atoms with van der Waals surface area (Å²) in [5, 5.41) is 3.03. The molecule has 1 amide bonds. The Morgan fingerprint density at radius 3 is 1.97 bits per heavy atom. The van der Waals surface area contributed by atoms with E-state index in [1.165, 1.54) is 22.3 Å². The third-order valence-corrected chi connectivity index (χ3v) is 5.02. The summed E-state index contributed by atoms with van der Waals surface area (Å²) < 4.78 is 5.64. The normalized spacial score (nSPS) is 13.2. The fourth-order valence-electron chi connectivity index (χ4n) is 3.84. The minimum absolute atomic E-state index is 0.107. The number of amides is 1. The number of carbonyl (C=O) groups is 1. The molecule has 5 nitrogen and oxygen atoms in total. The summed E-state index contributed by atoms with van der Waals surface area (Å²) in [5.41, 5.74) is 5.15. The van der Waals surface area contributed by atoms with Crippen LogP contribution in [0.15, 0.2) is 48.5 Å². The highest BCUT2D eigenvalue weighted by Gasteiger charge is 2.29. The van der Waals surface area contributed by atoms with Gasteiger partial charge in [0.15, 0.2) is 0 Å². The molecule has 154 valence electrons. The molecule has 5 heteroatoms. The van der Waals surface area contributed by atoms with Crippen molar-refractivity contribution in [2.75, 3.05) is 6.61 Å². The quantitative estimate of drug-likeness (QED) is 0.759. The van der Waals surface area contributed by atoms with Crippen LogP contribution < -0.4 is 5.32 Å². The molecule has 0 bridgehead atoms. The van der Waals surface area contributed by atoms with Gasteiger partial charge in [-0.05, 0) is 40.5 Å². The third kappa shape index (κ3) is 6.03. The van der Waals surface area contributed by atoms with Crippen LogP contribution in [0.5, 0.6) is 0 Å². The Kier molecular flexibility index (Phi) is 7.74. The first-order valence-corrected chi connectivity index (χ1v) is 9.91. The van der Waals surface area contributed by atoms with Gasteiger partial charge in [0, 0.05) is 12.0 Å². The van der Waals surface area contributed by atoms with Gasteiger partial charge in [0.25, 0.3) is 0 Å². The molecule has 0 aliphatic heterocycles. The van der Waals surface area contributed by atoms with E-state index in [9.17, 15) is 4.79 Å². The van der Waals surface area contributed by atoms with Crippen molar-refractivity contribution in [3.8, 4) is 11.1 Å². The van der Waals surface area contributed by atoms with Crippen LogP contribution >= 0.6 is 0 Å². The lowest BCUT2D eigenvalue weighted by Gasteiger charge is -2.26. The summed E-state index contributed by atoms with van der Waals surface area (Å²) >= 11 is 0. The predicted molar refractivity (Wildman–Crippen MR) is 111 cm³/mol. The van der Waals surface area contributed by atoms with Crippen molar-refractivity contribution in [1.29, 1.82) is 0 Å². The maximum Gasteiger partial charge on any atom is 0.407 e. The minimum Gasteiger partial charge on any atom is -0.449 e. The van der Waals surface area contributed by atoms with Gasteiger partial charge in [-0.2, -0.15) is 9.59 Å². The molecule has 1 aliphatic carbocycles. The summed E-state index contributed by atoms with van der Waals surface area (Å²) in [6, 6.07) is 16.9. The predicted octanol–water partition coefficient (Wildman–Crippen LogP) is 5.16. The van der Waals surface area contributed by atoms with Crippen molar-refractivity contribution < 1.29 is 19.1 Å². The lowest BCUT2D eigenvalue weighted by molar-refractivity contribution is -0.191. The molecular weight excluding hydrogens is 366 g/mol. The summed E-state index contributed by atoms with van der Waals surface area (Å²) in [6.07, 6.45) is 1.78. The molecule has 1 N–H and O–H groups in total. The number of rotatable bonds is 5. The third-order valence-electron chi connectivity index (χ3n) is 5.02. The van der Waals surface area contributed by atoms with Gasteiger partial charge >= 0.3 is 12.2 Å². The number of carbonyl (C=O) groups excluding carboxylic acids is 3. The van der Waals surface area contributed by atoms with Crippen LogP contribution in [-0.2, 0) is 14.3 Å². The van der Waals surface area contributed by atoms with E-state index in [0.717, 1.165) is 12.8 Å². The molecule has 0 radical (unpaired) electrons. The minimum atomic E-state index is -0.317. The molecule has 0 unspecified atom stereocenters. The summed E-state index contributed by atoms with van der Waals surface area (Å²) in [5.74, 6) is 0.107. The second kappa shape index (κ2) is 10.0. The smallest absolute Gasteiger partial charge is 0.407 e. The van der Waals surface area contributed by atoms with Crippen molar-refractivity contribution >= 4 is 12.2 Å².